The smallest absolute Gasteiger partial charge is 0.262 e. The van der Waals surface area contributed by atoms with Crippen LogP contribution in [0.1, 0.15) is 0 Å². The number of hydrogen-bond donors (Lipinski definition) is 1. The number of aromatic nitrogens is 1. The second kappa shape index (κ2) is 5.96. The molecule has 0 fully saturated rings. The van der Waals surface area contributed by atoms with Crippen LogP contribution in [-0.4, -0.2) is 18.3 Å². The van der Waals surface area contributed by atoms with Gasteiger partial charge in [0, 0.05) is 18.3 Å². The molecule has 0 aliphatic rings. The second-order valence-electron chi connectivity index (χ2n) is 3.81. The minimum Gasteiger partial charge on any atom is -0.262 e. The van der Waals surface area contributed by atoms with Crippen LogP contribution in [0, 0.1) is 10.1 Å². The zero-order chi connectivity index (χ0) is 15.6. The number of benzene rings is 1. The maximum absolute atomic E-state index is 12.3. The van der Waals surface area contributed by atoms with Crippen LogP contribution in [0.5, 0.6) is 0 Å². The van der Waals surface area contributed by atoms with E-state index in [0.717, 1.165) is 18.2 Å². The molecule has 0 atom stereocenters. The average Bonchev–Trinajstić information content (AvgIpc) is 2.41. The number of nitrogens with one attached hydrogen (secondary N) is 1. The van der Waals surface area contributed by atoms with Gasteiger partial charge >= 0.3 is 0 Å². The molecular weight excluding hydrogens is 386 g/mol. The molecule has 21 heavy (non-hydrogen) atoms. The molecule has 7 nitrogen and oxygen atoms in total. The standard InChI is InChI=1S/C11H7BrClN3O4S/c12-8-2-1-5-14-11(8)15-21(19,20)10-6-7(16(17)18)3-4-9(10)13/h1-6H,(H,14,15). The Kier molecular flexibility index (Phi) is 4.45. The minimum absolute atomic E-state index is 0.0556. The number of nitro benzene ring substituents is 1. The molecule has 110 valence electrons. The fourth-order valence-electron chi connectivity index (χ4n) is 1.45. The molecule has 0 unspecified atom stereocenters. The third-order valence-electron chi connectivity index (χ3n) is 2.40. The molecule has 0 bridgehead atoms. The Morgan fingerprint density at radius 1 is 1.33 bits per heavy atom. The van der Waals surface area contributed by atoms with Crippen molar-refractivity contribution >= 4 is 49.1 Å². The molecular formula is C11H7BrClN3O4S. The van der Waals surface area contributed by atoms with Crippen molar-refractivity contribution in [2.45, 2.75) is 4.90 Å². The SMILES string of the molecule is O=[N+]([O-])c1ccc(Cl)c(S(=O)(=O)Nc2ncccc2Br)c1. The highest BCUT2D eigenvalue weighted by molar-refractivity contribution is 9.10. The molecule has 1 N–H and O–H groups in total. The highest BCUT2D eigenvalue weighted by atomic mass is 79.9. The zero-order valence-corrected chi connectivity index (χ0v) is 13.3. The lowest BCUT2D eigenvalue weighted by Gasteiger charge is -2.09. The maximum Gasteiger partial charge on any atom is 0.270 e. The van der Waals surface area contributed by atoms with Crippen molar-refractivity contribution in [3.63, 3.8) is 0 Å². The van der Waals surface area contributed by atoms with E-state index in [9.17, 15) is 18.5 Å². The molecule has 0 radical (unpaired) electrons. The van der Waals surface area contributed by atoms with E-state index in [-0.39, 0.29) is 16.5 Å². The molecule has 1 heterocycles. The molecule has 1 aromatic carbocycles. The molecule has 0 aliphatic heterocycles. The van der Waals surface area contributed by atoms with E-state index in [1.807, 2.05) is 0 Å². The third kappa shape index (κ3) is 3.49. The molecule has 2 rings (SSSR count). The molecule has 0 spiro atoms. The van der Waals surface area contributed by atoms with Gasteiger partial charge in [0.25, 0.3) is 15.7 Å². The van der Waals surface area contributed by atoms with Gasteiger partial charge in [0.2, 0.25) is 0 Å². The lowest BCUT2D eigenvalue weighted by atomic mass is 10.3. The Labute approximate surface area is 133 Å². The molecule has 2 aromatic rings. The van der Waals surface area contributed by atoms with Gasteiger partial charge in [-0.3, -0.25) is 14.8 Å². The van der Waals surface area contributed by atoms with E-state index in [2.05, 4.69) is 25.6 Å². The number of pyridine rings is 1. The first kappa shape index (κ1) is 15.7. The largest absolute Gasteiger partial charge is 0.270 e. The molecule has 1 aromatic heterocycles. The number of nitrogens with zero attached hydrogens (tertiary/aromatic N) is 2. The van der Waals surface area contributed by atoms with E-state index in [1.54, 1.807) is 12.1 Å². The van der Waals surface area contributed by atoms with Crippen LogP contribution >= 0.6 is 27.5 Å². The van der Waals surface area contributed by atoms with Gasteiger partial charge in [0.1, 0.15) is 4.90 Å². The van der Waals surface area contributed by atoms with E-state index in [1.165, 1.54) is 6.20 Å². The molecule has 10 heteroatoms. The van der Waals surface area contributed by atoms with Gasteiger partial charge < -0.3 is 0 Å². The summed E-state index contributed by atoms with van der Waals surface area (Å²) < 4.78 is 27.2. The fourth-order valence-corrected chi connectivity index (χ4v) is 3.49. The summed E-state index contributed by atoms with van der Waals surface area (Å²) in [6, 6.07) is 6.38. The van der Waals surface area contributed by atoms with E-state index < -0.39 is 19.8 Å². The lowest BCUT2D eigenvalue weighted by Crippen LogP contribution is -2.15. The minimum atomic E-state index is -4.10. The Bertz CT molecular complexity index is 813. The van der Waals surface area contributed by atoms with Crippen LogP contribution in [0.2, 0.25) is 5.02 Å². The van der Waals surface area contributed by atoms with Crippen LogP contribution in [0.3, 0.4) is 0 Å². The third-order valence-corrected chi connectivity index (χ3v) is 4.87. The Morgan fingerprint density at radius 2 is 2.05 bits per heavy atom. The summed E-state index contributed by atoms with van der Waals surface area (Å²) in [6.45, 7) is 0. The van der Waals surface area contributed by atoms with Crippen LogP contribution in [-0.2, 0) is 10.0 Å². The van der Waals surface area contributed by atoms with Gasteiger partial charge in [-0.1, -0.05) is 11.6 Å². The van der Waals surface area contributed by atoms with Crippen LogP contribution in [0.25, 0.3) is 0 Å². The summed E-state index contributed by atoms with van der Waals surface area (Å²) in [7, 11) is -4.10. The van der Waals surface area contributed by atoms with E-state index >= 15 is 0 Å². The zero-order valence-electron chi connectivity index (χ0n) is 10.2. The van der Waals surface area contributed by atoms with Crippen molar-refractivity contribution in [2.24, 2.45) is 0 Å². The summed E-state index contributed by atoms with van der Waals surface area (Å²) >= 11 is 8.96. The predicted octanol–water partition coefficient (Wildman–Crippen LogP) is 3.21. The van der Waals surface area contributed by atoms with Crippen molar-refractivity contribution in [1.82, 2.24) is 4.98 Å². The lowest BCUT2D eigenvalue weighted by molar-refractivity contribution is -0.385. The quantitative estimate of drug-likeness (QED) is 0.636. The molecule has 0 saturated carbocycles. The number of halogens is 2. The van der Waals surface area contributed by atoms with Gasteiger partial charge in [-0.05, 0) is 34.1 Å². The first-order valence-corrected chi connectivity index (χ1v) is 8.04. The van der Waals surface area contributed by atoms with Gasteiger partial charge in [-0.15, -0.1) is 0 Å². The van der Waals surface area contributed by atoms with E-state index in [4.69, 9.17) is 11.6 Å². The number of hydrogen-bond acceptors (Lipinski definition) is 5. The summed E-state index contributed by atoms with van der Waals surface area (Å²) in [5.41, 5.74) is -0.375. The van der Waals surface area contributed by atoms with Crippen molar-refractivity contribution in [1.29, 1.82) is 0 Å². The maximum atomic E-state index is 12.3. The Morgan fingerprint density at radius 3 is 2.67 bits per heavy atom. The summed E-state index contributed by atoms with van der Waals surface area (Å²) in [5.74, 6) is 0.0556. The van der Waals surface area contributed by atoms with Crippen molar-refractivity contribution in [3.8, 4) is 0 Å². The molecule has 0 amide bonds. The number of anilines is 1. The molecule has 0 aliphatic carbocycles. The predicted molar refractivity (Wildman–Crippen MR) is 80.9 cm³/mol. The Balaban J connectivity index is 2.47. The van der Waals surface area contributed by atoms with Crippen LogP contribution in [0.15, 0.2) is 45.9 Å². The molecule has 0 saturated heterocycles. The number of sulfonamides is 1. The van der Waals surface area contributed by atoms with Gasteiger partial charge in [-0.2, -0.15) is 0 Å². The van der Waals surface area contributed by atoms with Crippen molar-refractivity contribution < 1.29 is 13.3 Å². The first-order valence-electron chi connectivity index (χ1n) is 5.38. The summed E-state index contributed by atoms with van der Waals surface area (Å²) in [6.07, 6.45) is 1.40. The normalized spacial score (nSPS) is 11.1. The topological polar surface area (TPSA) is 102 Å². The fraction of sp³-hybridized carbons (Fsp3) is 0. The number of nitro groups is 1. The summed E-state index contributed by atoms with van der Waals surface area (Å²) in [5, 5.41) is 10.6. The highest BCUT2D eigenvalue weighted by Gasteiger charge is 2.22. The second-order valence-corrected chi connectivity index (χ2v) is 6.72. The highest BCUT2D eigenvalue weighted by Crippen LogP contribution is 2.29. The number of non-ortho nitro benzene ring substituents is 1. The van der Waals surface area contributed by atoms with E-state index in [0.29, 0.717) is 4.47 Å². The average molecular weight is 393 g/mol. The van der Waals surface area contributed by atoms with Gasteiger partial charge in [-0.25, -0.2) is 13.4 Å². The van der Waals surface area contributed by atoms with Crippen molar-refractivity contribution in [2.75, 3.05) is 4.72 Å². The van der Waals surface area contributed by atoms with Crippen LogP contribution < -0.4 is 4.72 Å². The van der Waals surface area contributed by atoms with Gasteiger partial charge in [0.05, 0.1) is 14.4 Å². The summed E-state index contributed by atoms with van der Waals surface area (Å²) in [4.78, 5) is 13.5. The number of rotatable bonds is 4. The first-order chi connectivity index (χ1) is 9.81. The van der Waals surface area contributed by atoms with Crippen LogP contribution in [0.4, 0.5) is 11.5 Å². The Hall–Kier alpha value is -1.71. The van der Waals surface area contributed by atoms with Crippen molar-refractivity contribution in [3.05, 3.63) is 56.1 Å². The monoisotopic (exact) mass is 391 g/mol. The van der Waals surface area contributed by atoms with Gasteiger partial charge in [0.15, 0.2) is 5.82 Å².